The molecular weight excluding hydrogens is 330 g/mol. The molecule has 1 atom stereocenters. The lowest BCUT2D eigenvalue weighted by Crippen LogP contribution is -2.44. The van der Waals surface area contributed by atoms with E-state index in [2.05, 4.69) is 20.3 Å². The molecule has 0 aliphatic carbocycles. The maximum absolute atomic E-state index is 12.5. The highest BCUT2D eigenvalue weighted by molar-refractivity contribution is 7.09. The van der Waals surface area contributed by atoms with Gasteiger partial charge < -0.3 is 9.64 Å². The molecular formula is C15H17N5O3S. The summed E-state index contributed by atoms with van der Waals surface area (Å²) >= 11 is 1.50. The Bertz CT molecular complexity index is 704. The number of nitrogens with zero attached hydrogens (tertiary/aromatic N) is 4. The van der Waals surface area contributed by atoms with E-state index in [-0.39, 0.29) is 12.0 Å². The van der Waals surface area contributed by atoms with Gasteiger partial charge in [-0.1, -0.05) is 0 Å². The smallest absolute Gasteiger partial charge is 0.316 e. The summed E-state index contributed by atoms with van der Waals surface area (Å²) in [6.07, 6.45) is 7.25. The van der Waals surface area contributed by atoms with Crippen molar-refractivity contribution in [2.24, 2.45) is 0 Å². The number of aromatic nitrogens is 3. The summed E-state index contributed by atoms with van der Waals surface area (Å²) in [6, 6.07) is -0.145. The first-order chi connectivity index (χ1) is 11.7. The highest BCUT2D eigenvalue weighted by atomic mass is 32.1. The number of hydrogen-bond acceptors (Lipinski definition) is 7. The van der Waals surface area contributed by atoms with Crippen LogP contribution in [0.25, 0.3) is 0 Å². The predicted molar refractivity (Wildman–Crippen MR) is 87.6 cm³/mol. The molecule has 1 N–H and O–H groups in total. The number of nitrogens with one attached hydrogen (secondary N) is 1. The zero-order valence-corrected chi connectivity index (χ0v) is 14.0. The minimum Gasteiger partial charge on any atom is -0.494 e. The molecule has 2 amide bonds. The van der Waals surface area contributed by atoms with Crippen molar-refractivity contribution < 1.29 is 14.3 Å². The minimum absolute atomic E-state index is 0.0666. The molecule has 8 nitrogen and oxygen atoms in total. The summed E-state index contributed by atoms with van der Waals surface area (Å²) in [5.41, 5.74) is 0. The van der Waals surface area contributed by atoms with Crippen LogP contribution in [0.2, 0.25) is 0 Å². The van der Waals surface area contributed by atoms with Crippen LogP contribution in [0.5, 0.6) is 5.75 Å². The van der Waals surface area contributed by atoms with Crippen LogP contribution in [0.3, 0.4) is 0 Å². The maximum Gasteiger partial charge on any atom is 0.316 e. The van der Waals surface area contributed by atoms with E-state index in [1.807, 2.05) is 5.38 Å². The number of carbonyl (C=O) groups is 2. The standard InChI is InChI=1S/C15H17N5O3S/c1-23-10-8-17-15(18-9-10)19-12(21)14(22)20-6-3-2-4-11(20)13-16-5-7-24-13/h5,7-9,11H,2-4,6H2,1H3,(H,17,18,19,21)/t11-/m0/s1. The number of methoxy groups -OCH3 is 1. The maximum atomic E-state index is 12.5. The van der Waals surface area contributed by atoms with E-state index in [1.54, 1.807) is 11.1 Å². The van der Waals surface area contributed by atoms with Crippen molar-refractivity contribution in [2.45, 2.75) is 25.3 Å². The average molecular weight is 347 g/mol. The Morgan fingerprint density at radius 1 is 1.29 bits per heavy atom. The number of anilines is 1. The molecule has 0 spiro atoms. The summed E-state index contributed by atoms with van der Waals surface area (Å²) in [6.45, 7) is 0.542. The van der Waals surface area contributed by atoms with Gasteiger partial charge in [-0.25, -0.2) is 15.0 Å². The van der Waals surface area contributed by atoms with Crippen LogP contribution in [-0.2, 0) is 9.59 Å². The lowest BCUT2D eigenvalue weighted by Gasteiger charge is -2.33. The Balaban J connectivity index is 1.70. The van der Waals surface area contributed by atoms with Crippen molar-refractivity contribution in [3.8, 4) is 5.75 Å². The van der Waals surface area contributed by atoms with Gasteiger partial charge in [0.25, 0.3) is 0 Å². The molecule has 9 heteroatoms. The van der Waals surface area contributed by atoms with Gasteiger partial charge in [0.15, 0.2) is 5.75 Å². The highest BCUT2D eigenvalue weighted by Gasteiger charge is 2.33. The molecule has 1 saturated heterocycles. The van der Waals surface area contributed by atoms with Gasteiger partial charge in [-0.15, -0.1) is 11.3 Å². The fourth-order valence-electron chi connectivity index (χ4n) is 2.60. The number of ether oxygens (including phenoxy) is 1. The summed E-state index contributed by atoms with van der Waals surface area (Å²) < 4.78 is 4.95. The molecule has 3 rings (SSSR count). The van der Waals surface area contributed by atoms with Crippen molar-refractivity contribution in [2.75, 3.05) is 19.0 Å². The fourth-order valence-corrected chi connectivity index (χ4v) is 3.39. The molecule has 2 aromatic rings. The third-order valence-corrected chi connectivity index (χ3v) is 4.66. The predicted octanol–water partition coefficient (Wildman–Crippen LogP) is 1.63. The third-order valence-electron chi connectivity index (χ3n) is 3.78. The number of likely N-dealkylation sites (tertiary alicyclic amines) is 1. The lowest BCUT2D eigenvalue weighted by atomic mass is 10.0. The van der Waals surface area contributed by atoms with Gasteiger partial charge in [0, 0.05) is 18.1 Å². The van der Waals surface area contributed by atoms with E-state index in [1.165, 1.54) is 30.8 Å². The summed E-state index contributed by atoms with van der Waals surface area (Å²) in [7, 11) is 1.50. The van der Waals surface area contributed by atoms with Gasteiger partial charge >= 0.3 is 11.8 Å². The van der Waals surface area contributed by atoms with Gasteiger partial charge in [0.05, 0.1) is 25.5 Å². The quantitative estimate of drug-likeness (QED) is 0.848. The number of rotatable bonds is 3. The van der Waals surface area contributed by atoms with Crippen LogP contribution in [0, 0.1) is 0 Å². The first-order valence-electron chi connectivity index (χ1n) is 7.56. The van der Waals surface area contributed by atoms with Crippen LogP contribution >= 0.6 is 11.3 Å². The van der Waals surface area contributed by atoms with Crippen molar-refractivity contribution in [3.63, 3.8) is 0 Å². The molecule has 0 aromatic carbocycles. The monoisotopic (exact) mass is 347 g/mol. The van der Waals surface area contributed by atoms with E-state index >= 15 is 0 Å². The Hall–Kier alpha value is -2.55. The molecule has 0 saturated carbocycles. The van der Waals surface area contributed by atoms with E-state index < -0.39 is 11.8 Å². The van der Waals surface area contributed by atoms with Crippen LogP contribution in [-0.4, -0.2) is 45.3 Å². The van der Waals surface area contributed by atoms with E-state index in [9.17, 15) is 9.59 Å². The molecule has 0 bridgehead atoms. The van der Waals surface area contributed by atoms with E-state index in [0.29, 0.717) is 12.3 Å². The Morgan fingerprint density at radius 3 is 2.75 bits per heavy atom. The molecule has 1 aliphatic rings. The minimum atomic E-state index is -0.747. The molecule has 0 unspecified atom stereocenters. The summed E-state index contributed by atoms with van der Waals surface area (Å²) in [5, 5.41) is 5.16. The Morgan fingerprint density at radius 2 is 2.08 bits per heavy atom. The van der Waals surface area contributed by atoms with Crippen LogP contribution < -0.4 is 10.1 Å². The first-order valence-corrected chi connectivity index (χ1v) is 8.44. The van der Waals surface area contributed by atoms with Crippen molar-refractivity contribution in [1.82, 2.24) is 19.9 Å². The number of carbonyl (C=O) groups excluding carboxylic acids is 2. The molecule has 1 fully saturated rings. The molecule has 126 valence electrons. The lowest BCUT2D eigenvalue weighted by molar-refractivity contribution is -0.145. The van der Waals surface area contributed by atoms with Gasteiger partial charge in [0.1, 0.15) is 5.01 Å². The van der Waals surface area contributed by atoms with E-state index in [4.69, 9.17) is 4.74 Å². The zero-order chi connectivity index (χ0) is 16.9. The highest BCUT2D eigenvalue weighted by Crippen LogP contribution is 2.32. The van der Waals surface area contributed by atoms with Crippen molar-refractivity contribution in [1.29, 1.82) is 0 Å². The molecule has 2 aromatic heterocycles. The second kappa shape index (κ2) is 7.35. The second-order valence-corrected chi connectivity index (χ2v) is 6.21. The normalized spacial score (nSPS) is 17.4. The summed E-state index contributed by atoms with van der Waals surface area (Å²) in [4.78, 5) is 38.5. The van der Waals surface area contributed by atoms with Gasteiger partial charge in [0.2, 0.25) is 5.95 Å². The van der Waals surface area contributed by atoms with Crippen LogP contribution in [0.1, 0.15) is 30.3 Å². The SMILES string of the molecule is COc1cnc(NC(=O)C(=O)N2CCCC[C@H]2c2nccs2)nc1. The largest absolute Gasteiger partial charge is 0.494 e. The number of amides is 2. The summed E-state index contributed by atoms with van der Waals surface area (Å²) in [5.74, 6) is -0.797. The topological polar surface area (TPSA) is 97.3 Å². The van der Waals surface area contributed by atoms with Gasteiger partial charge in [-0.3, -0.25) is 14.9 Å². The molecule has 1 aliphatic heterocycles. The molecule has 3 heterocycles. The number of hydrogen-bond donors (Lipinski definition) is 1. The van der Waals surface area contributed by atoms with Crippen LogP contribution in [0.15, 0.2) is 24.0 Å². The first kappa shape index (κ1) is 16.3. The number of thiazole rings is 1. The van der Waals surface area contributed by atoms with Gasteiger partial charge in [-0.05, 0) is 19.3 Å². The molecule has 0 radical (unpaired) electrons. The fraction of sp³-hybridized carbons (Fsp3) is 0.400. The van der Waals surface area contributed by atoms with E-state index in [0.717, 1.165) is 24.3 Å². The Labute approximate surface area is 142 Å². The number of piperidine rings is 1. The van der Waals surface area contributed by atoms with Gasteiger partial charge in [-0.2, -0.15) is 0 Å². The van der Waals surface area contributed by atoms with Crippen LogP contribution in [0.4, 0.5) is 5.95 Å². The third kappa shape index (κ3) is 3.51. The molecule has 24 heavy (non-hydrogen) atoms. The van der Waals surface area contributed by atoms with Crippen molar-refractivity contribution in [3.05, 3.63) is 29.0 Å². The Kier molecular flexibility index (Phi) is 4.99. The zero-order valence-electron chi connectivity index (χ0n) is 13.1. The second-order valence-electron chi connectivity index (χ2n) is 5.28. The average Bonchev–Trinajstić information content (AvgIpc) is 3.16. The van der Waals surface area contributed by atoms with Crippen molar-refractivity contribution >= 4 is 29.1 Å².